The summed E-state index contributed by atoms with van der Waals surface area (Å²) < 4.78 is 30.6. The molecule has 15 heavy (non-hydrogen) atoms. The summed E-state index contributed by atoms with van der Waals surface area (Å²) in [5, 5.41) is 3.59. The minimum Gasteiger partial charge on any atom is -0.361 e. The molecule has 0 bridgehead atoms. The van der Waals surface area contributed by atoms with Crippen molar-refractivity contribution in [2.45, 2.75) is 38.5 Å². The van der Waals surface area contributed by atoms with Crippen LogP contribution in [0.5, 0.6) is 0 Å². The van der Waals surface area contributed by atoms with Gasteiger partial charge in [0.15, 0.2) is 0 Å². The zero-order valence-electron chi connectivity index (χ0n) is 8.78. The fourth-order valence-corrected chi connectivity index (χ4v) is 2.76. The van der Waals surface area contributed by atoms with E-state index in [1.165, 1.54) is 0 Å². The zero-order valence-corrected chi connectivity index (χ0v) is 9.60. The van der Waals surface area contributed by atoms with Crippen LogP contribution < -0.4 is 4.72 Å². The second-order valence-corrected chi connectivity index (χ2v) is 5.91. The number of sulfonamides is 1. The quantitative estimate of drug-likeness (QED) is 0.833. The molecular weight excluding hydrogens is 216 g/mol. The molecule has 1 aromatic rings. The minimum absolute atomic E-state index is 0.182. The average Bonchev–Trinajstić information content (AvgIpc) is 2.94. The summed E-state index contributed by atoms with van der Waals surface area (Å²) in [6.07, 6.45) is 1.55. The first-order chi connectivity index (χ1) is 7.00. The van der Waals surface area contributed by atoms with Gasteiger partial charge in [-0.05, 0) is 26.7 Å². The van der Waals surface area contributed by atoms with Gasteiger partial charge in [-0.1, -0.05) is 5.16 Å². The second kappa shape index (κ2) is 3.61. The van der Waals surface area contributed by atoms with Crippen LogP contribution in [0.1, 0.15) is 29.9 Å². The Hall–Kier alpha value is -0.880. The number of aromatic nitrogens is 1. The Labute approximate surface area is 88.9 Å². The molecule has 0 aromatic carbocycles. The van der Waals surface area contributed by atoms with Crippen molar-refractivity contribution >= 4 is 10.0 Å². The maximum absolute atomic E-state index is 11.5. The van der Waals surface area contributed by atoms with Crippen molar-refractivity contribution in [3.8, 4) is 0 Å². The van der Waals surface area contributed by atoms with E-state index >= 15 is 0 Å². The first kappa shape index (κ1) is 10.6. The van der Waals surface area contributed by atoms with E-state index < -0.39 is 10.0 Å². The number of aryl methyl sites for hydroxylation is 2. The fourth-order valence-electron chi connectivity index (χ4n) is 1.42. The van der Waals surface area contributed by atoms with Gasteiger partial charge in [0.1, 0.15) is 5.76 Å². The Kier molecular flexibility index (Phi) is 2.56. The number of rotatable bonds is 4. The highest BCUT2D eigenvalue weighted by Gasteiger charge is 2.35. The summed E-state index contributed by atoms with van der Waals surface area (Å²) in [7, 11) is -3.12. The number of hydrogen-bond acceptors (Lipinski definition) is 4. The number of hydrogen-bond donors (Lipinski definition) is 1. The van der Waals surface area contributed by atoms with Crippen LogP contribution in [0.15, 0.2) is 4.52 Å². The molecule has 1 aliphatic rings. The van der Waals surface area contributed by atoms with Crippen LogP contribution in [0.2, 0.25) is 0 Å². The van der Waals surface area contributed by atoms with E-state index in [0.717, 1.165) is 24.1 Å². The van der Waals surface area contributed by atoms with E-state index in [1.807, 2.05) is 0 Å². The first-order valence-electron chi connectivity index (χ1n) is 4.91. The molecule has 1 fully saturated rings. The van der Waals surface area contributed by atoms with Gasteiger partial charge in [0.05, 0.1) is 10.9 Å². The molecule has 0 spiro atoms. The highest BCUT2D eigenvalue weighted by Crippen LogP contribution is 2.27. The van der Waals surface area contributed by atoms with Crippen molar-refractivity contribution in [2.24, 2.45) is 0 Å². The topological polar surface area (TPSA) is 72.2 Å². The number of nitrogens with one attached hydrogen (secondary N) is 1. The lowest BCUT2D eigenvalue weighted by Gasteiger charge is -2.04. The Balaban J connectivity index is 2.04. The third kappa shape index (κ3) is 2.21. The molecule has 0 atom stereocenters. The van der Waals surface area contributed by atoms with E-state index in [1.54, 1.807) is 13.8 Å². The van der Waals surface area contributed by atoms with Crippen molar-refractivity contribution in [2.75, 3.05) is 0 Å². The predicted octanol–water partition coefficient (Wildman–Crippen LogP) is 0.873. The monoisotopic (exact) mass is 230 g/mol. The van der Waals surface area contributed by atoms with Crippen LogP contribution >= 0.6 is 0 Å². The molecule has 0 radical (unpaired) electrons. The minimum atomic E-state index is -3.12. The first-order valence-corrected chi connectivity index (χ1v) is 6.45. The summed E-state index contributed by atoms with van der Waals surface area (Å²) in [6, 6.07) is 0. The van der Waals surface area contributed by atoms with Crippen LogP contribution in [0.25, 0.3) is 0 Å². The van der Waals surface area contributed by atoms with Crippen molar-refractivity contribution in [3.63, 3.8) is 0 Å². The van der Waals surface area contributed by atoms with E-state index in [-0.39, 0.29) is 11.8 Å². The molecule has 2 rings (SSSR count). The average molecular weight is 230 g/mol. The third-order valence-corrected chi connectivity index (χ3v) is 4.49. The lowest BCUT2D eigenvalue weighted by atomic mass is 10.2. The summed E-state index contributed by atoms with van der Waals surface area (Å²) in [4.78, 5) is 0. The SMILES string of the molecule is Cc1noc(C)c1CNS(=O)(=O)C1CC1. The van der Waals surface area contributed by atoms with Gasteiger partial charge >= 0.3 is 0 Å². The van der Waals surface area contributed by atoms with Gasteiger partial charge in [-0.2, -0.15) is 0 Å². The molecule has 1 heterocycles. The fraction of sp³-hybridized carbons (Fsp3) is 0.667. The van der Waals surface area contributed by atoms with Gasteiger partial charge in [0.2, 0.25) is 10.0 Å². The Morgan fingerprint density at radius 2 is 2.13 bits per heavy atom. The van der Waals surface area contributed by atoms with Gasteiger partial charge < -0.3 is 4.52 Å². The Morgan fingerprint density at radius 3 is 2.60 bits per heavy atom. The largest absolute Gasteiger partial charge is 0.361 e. The van der Waals surface area contributed by atoms with Gasteiger partial charge in [0.25, 0.3) is 0 Å². The van der Waals surface area contributed by atoms with Crippen LogP contribution in [-0.4, -0.2) is 18.8 Å². The van der Waals surface area contributed by atoms with Crippen LogP contribution in [0.4, 0.5) is 0 Å². The Bertz CT molecular complexity index is 440. The molecule has 84 valence electrons. The van der Waals surface area contributed by atoms with Crippen LogP contribution in [-0.2, 0) is 16.6 Å². The molecule has 0 amide bonds. The molecule has 1 aliphatic carbocycles. The van der Waals surface area contributed by atoms with Crippen molar-refractivity contribution in [3.05, 3.63) is 17.0 Å². The summed E-state index contributed by atoms with van der Waals surface area (Å²) in [6.45, 7) is 3.86. The molecular formula is C9H14N2O3S. The number of nitrogens with zero attached hydrogens (tertiary/aromatic N) is 1. The van der Waals surface area contributed by atoms with E-state index in [0.29, 0.717) is 5.76 Å². The van der Waals surface area contributed by atoms with Gasteiger partial charge in [-0.25, -0.2) is 13.1 Å². The summed E-state index contributed by atoms with van der Waals surface area (Å²) in [5.74, 6) is 0.672. The van der Waals surface area contributed by atoms with E-state index in [2.05, 4.69) is 9.88 Å². The summed E-state index contributed by atoms with van der Waals surface area (Å²) in [5.41, 5.74) is 1.57. The lowest BCUT2D eigenvalue weighted by Crippen LogP contribution is -2.27. The normalized spacial score (nSPS) is 16.9. The maximum atomic E-state index is 11.5. The van der Waals surface area contributed by atoms with Crippen molar-refractivity contribution in [1.82, 2.24) is 9.88 Å². The molecule has 5 nitrogen and oxygen atoms in total. The van der Waals surface area contributed by atoms with Gasteiger partial charge in [-0.15, -0.1) is 0 Å². The molecule has 1 saturated carbocycles. The molecule has 0 saturated heterocycles. The molecule has 6 heteroatoms. The molecule has 1 N–H and O–H groups in total. The van der Waals surface area contributed by atoms with E-state index in [9.17, 15) is 8.42 Å². The van der Waals surface area contributed by atoms with E-state index in [4.69, 9.17) is 4.52 Å². The zero-order chi connectivity index (χ0) is 11.1. The smallest absolute Gasteiger partial charge is 0.214 e. The van der Waals surface area contributed by atoms with Crippen LogP contribution in [0.3, 0.4) is 0 Å². The van der Waals surface area contributed by atoms with Crippen molar-refractivity contribution in [1.29, 1.82) is 0 Å². The molecule has 1 aromatic heterocycles. The lowest BCUT2D eigenvalue weighted by molar-refractivity contribution is 0.392. The van der Waals surface area contributed by atoms with Crippen LogP contribution in [0, 0.1) is 13.8 Å². The summed E-state index contributed by atoms with van der Waals surface area (Å²) >= 11 is 0. The highest BCUT2D eigenvalue weighted by atomic mass is 32.2. The molecule has 0 unspecified atom stereocenters. The highest BCUT2D eigenvalue weighted by molar-refractivity contribution is 7.90. The molecule has 0 aliphatic heterocycles. The Morgan fingerprint density at radius 1 is 1.47 bits per heavy atom. The standard InChI is InChI=1S/C9H14N2O3S/c1-6-9(7(2)14-11-6)5-10-15(12,13)8-3-4-8/h8,10H,3-5H2,1-2H3. The van der Waals surface area contributed by atoms with Gasteiger partial charge in [-0.3, -0.25) is 0 Å². The van der Waals surface area contributed by atoms with Gasteiger partial charge in [0, 0.05) is 12.1 Å². The second-order valence-electron chi connectivity index (χ2n) is 3.87. The third-order valence-electron chi connectivity index (χ3n) is 2.59. The van der Waals surface area contributed by atoms with Crippen molar-refractivity contribution < 1.29 is 12.9 Å². The predicted molar refractivity (Wildman–Crippen MR) is 54.8 cm³/mol. The maximum Gasteiger partial charge on any atom is 0.214 e.